The van der Waals surface area contributed by atoms with E-state index in [0.717, 1.165) is 35.0 Å². The second-order valence-electron chi connectivity index (χ2n) is 15.4. The van der Waals surface area contributed by atoms with E-state index in [1.165, 1.54) is 94.1 Å². The molecule has 316 valence electrons. The Morgan fingerprint density at radius 3 is 2.02 bits per heavy atom. The van der Waals surface area contributed by atoms with Gasteiger partial charge >= 0.3 is 0 Å². The maximum atomic E-state index is 14.1. The smallest absolute Gasteiger partial charge is 0.276 e. The van der Waals surface area contributed by atoms with E-state index >= 15 is 0 Å². The molecule has 3 amide bonds. The number of unbranched alkanes of at least 4 members (excludes halogenated alkanes) is 14. The van der Waals surface area contributed by atoms with Crippen molar-refractivity contribution >= 4 is 103 Å². The molecule has 1 N–H and O–H groups in total. The van der Waals surface area contributed by atoms with Crippen molar-refractivity contribution < 1.29 is 14.4 Å². The predicted molar refractivity (Wildman–Crippen MR) is 248 cm³/mol. The minimum absolute atomic E-state index is 0.0634. The summed E-state index contributed by atoms with van der Waals surface area (Å²) in [5.74, 6) is -1.68. The summed E-state index contributed by atoms with van der Waals surface area (Å²) in [7, 11) is 0. The fraction of sp³-hybridized carbons (Fsp3) is 0.404. The largest absolute Gasteiger partial charge is 0.280 e. The summed E-state index contributed by atoms with van der Waals surface area (Å²) >= 11 is 25.9. The van der Waals surface area contributed by atoms with Crippen LogP contribution in [-0.2, 0) is 14.4 Å². The molecule has 0 bridgehead atoms. The van der Waals surface area contributed by atoms with Crippen LogP contribution in [0.5, 0.6) is 0 Å². The molecule has 0 aliphatic carbocycles. The molecule has 2 aliphatic heterocycles. The van der Waals surface area contributed by atoms with Crippen LogP contribution in [0, 0.1) is 5.92 Å². The van der Waals surface area contributed by atoms with Crippen molar-refractivity contribution in [1.29, 1.82) is 0 Å². The van der Waals surface area contributed by atoms with Gasteiger partial charge in [-0.3, -0.25) is 19.8 Å². The number of allylic oxidation sites excluding steroid dienone is 1. The first-order valence-corrected chi connectivity index (χ1v) is 22.7. The Balaban J connectivity index is 1.10. The number of azo groups is 1. The summed E-state index contributed by atoms with van der Waals surface area (Å²) in [5, 5.41) is 12.6. The fourth-order valence-electron chi connectivity index (χ4n) is 7.64. The van der Waals surface area contributed by atoms with Crippen LogP contribution in [0.25, 0.3) is 10.8 Å². The number of halogens is 4. The number of aliphatic imine (C=N–C) groups is 1. The van der Waals surface area contributed by atoms with Gasteiger partial charge in [0, 0.05) is 16.8 Å². The van der Waals surface area contributed by atoms with Crippen LogP contribution in [0.4, 0.5) is 22.7 Å². The summed E-state index contributed by atoms with van der Waals surface area (Å²) in [5.41, 5.74) is 4.20. The SMILES string of the molecule is CCCCCCCCCCCCCCCC/C=C/C1CC(=O)N(c2ccc(Cl)c(N=C3NN(c4c(Cl)cc(Cl)cc4Cl)C(=O)C3N=Nc3cccc4ccccc34)c2)C1=O. The standard InChI is InChI=1S/C47H52Cl4N6O3/c1-2-3-4-5-6-7-8-9-10-11-12-13-14-15-16-17-22-33-28-42(58)56(46(33)59)35-26-27-37(49)41(31-35)52-45-43(54-53-40-25-20-23-32-21-18-19-24-36(32)40)47(60)57(55-45)44-38(50)29-34(48)30-39(44)51/h17-27,29-31,33,43H,2-16,28H2,1H3,(H,52,55)/b22-17+,54-53?. The molecule has 2 saturated heterocycles. The molecule has 9 nitrogen and oxygen atoms in total. The highest BCUT2D eigenvalue weighted by atomic mass is 35.5. The Morgan fingerprint density at radius 2 is 1.33 bits per heavy atom. The number of hydrogen-bond donors (Lipinski definition) is 1. The predicted octanol–water partition coefficient (Wildman–Crippen LogP) is 14.5. The van der Waals surface area contributed by atoms with Crippen molar-refractivity contribution in [2.45, 2.75) is 116 Å². The van der Waals surface area contributed by atoms with E-state index in [2.05, 4.69) is 22.6 Å². The molecule has 6 rings (SSSR count). The van der Waals surface area contributed by atoms with Gasteiger partial charge in [0.15, 0.2) is 5.84 Å². The zero-order valence-electron chi connectivity index (χ0n) is 34.0. The summed E-state index contributed by atoms with van der Waals surface area (Å²) in [6.07, 6.45) is 23.1. The summed E-state index contributed by atoms with van der Waals surface area (Å²) in [6, 6.07) is 19.7. The van der Waals surface area contributed by atoms with Crippen LogP contribution in [0.3, 0.4) is 0 Å². The second-order valence-corrected chi connectivity index (χ2v) is 17.1. The number of fused-ring (bicyclic) bond motifs is 1. The van der Waals surface area contributed by atoms with Crippen molar-refractivity contribution in [2.24, 2.45) is 21.1 Å². The normalized spacial score (nSPS) is 17.8. The van der Waals surface area contributed by atoms with Crippen molar-refractivity contribution in [3.63, 3.8) is 0 Å². The molecule has 4 aromatic carbocycles. The van der Waals surface area contributed by atoms with E-state index in [1.54, 1.807) is 24.3 Å². The number of carbonyl (C=O) groups excluding carboxylic acids is 3. The number of benzene rings is 4. The van der Waals surface area contributed by atoms with Gasteiger partial charge in [0.2, 0.25) is 17.9 Å². The minimum Gasteiger partial charge on any atom is -0.276 e. The molecule has 60 heavy (non-hydrogen) atoms. The Kier molecular flexibility index (Phi) is 17.0. The quantitative estimate of drug-likeness (QED) is 0.0389. The lowest BCUT2D eigenvalue weighted by Crippen LogP contribution is -2.36. The number of nitrogens with one attached hydrogen (secondary N) is 1. The Labute approximate surface area is 373 Å². The molecule has 0 radical (unpaired) electrons. The monoisotopic (exact) mass is 888 g/mol. The molecular weight excluding hydrogens is 838 g/mol. The number of amides is 3. The number of amidine groups is 1. The number of imide groups is 1. The van der Waals surface area contributed by atoms with Crippen molar-refractivity contribution in [3.05, 3.63) is 105 Å². The molecule has 0 aromatic heterocycles. The zero-order chi connectivity index (χ0) is 42.4. The van der Waals surface area contributed by atoms with Gasteiger partial charge < -0.3 is 0 Å². The van der Waals surface area contributed by atoms with Gasteiger partial charge in [0.1, 0.15) is 5.69 Å². The van der Waals surface area contributed by atoms with Gasteiger partial charge in [-0.15, -0.1) is 0 Å². The molecule has 2 fully saturated rings. The third-order valence-corrected chi connectivity index (χ3v) is 12.0. The number of carbonyl (C=O) groups is 3. The van der Waals surface area contributed by atoms with Crippen LogP contribution in [0.15, 0.2) is 100 Å². The van der Waals surface area contributed by atoms with Gasteiger partial charge in [-0.25, -0.2) is 14.9 Å². The highest BCUT2D eigenvalue weighted by Crippen LogP contribution is 2.39. The van der Waals surface area contributed by atoms with E-state index in [9.17, 15) is 14.4 Å². The lowest BCUT2D eigenvalue weighted by atomic mass is 10.0. The Hall–Kier alpha value is -4.28. The number of hydrazine groups is 1. The molecule has 2 heterocycles. The van der Waals surface area contributed by atoms with Crippen LogP contribution < -0.4 is 15.3 Å². The first-order valence-electron chi connectivity index (χ1n) is 21.2. The second kappa shape index (κ2) is 22.5. The molecule has 2 aliphatic rings. The van der Waals surface area contributed by atoms with Gasteiger partial charge in [-0.2, -0.15) is 10.2 Å². The van der Waals surface area contributed by atoms with Gasteiger partial charge in [-0.05, 0) is 54.6 Å². The average molecular weight is 891 g/mol. The van der Waals surface area contributed by atoms with E-state index in [0.29, 0.717) is 16.4 Å². The van der Waals surface area contributed by atoms with E-state index in [4.69, 9.17) is 51.4 Å². The molecule has 0 saturated carbocycles. The molecule has 2 unspecified atom stereocenters. The van der Waals surface area contributed by atoms with E-state index in [-0.39, 0.29) is 50.5 Å². The van der Waals surface area contributed by atoms with Crippen LogP contribution in [0.1, 0.15) is 110 Å². The summed E-state index contributed by atoms with van der Waals surface area (Å²) in [4.78, 5) is 46.8. The maximum Gasteiger partial charge on any atom is 0.280 e. The molecule has 13 heteroatoms. The number of anilines is 2. The lowest BCUT2D eigenvalue weighted by Gasteiger charge is -2.19. The van der Waals surface area contributed by atoms with Gasteiger partial charge in [0.05, 0.1) is 38.0 Å². The average Bonchev–Trinajstić information content (AvgIpc) is 3.69. The topological polar surface area (TPSA) is 107 Å². The first kappa shape index (κ1) is 45.3. The van der Waals surface area contributed by atoms with Crippen molar-refractivity contribution in [1.82, 2.24) is 5.43 Å². The van der Waals surface area contributed by atoms with Crippen LogP contribution in [0.2, 0.25) is 20.1 Å². The van der Waals surface area contributed by atoms with Crippen molar-refractivity contribution in [3.8, 4) is 0 Å². The third-order valence-electron chi connectivity index (χ3n) is 10.9. The third kappa shape index (κ3) is 11.8. The van der Waals surface area contributed by atoms with Gasteiger partial charge in [0.25, 0.3) is 5.91 Å². The number of rotatable bonds is 21. The van der Waals surface area contributed by atoms with E-state index in [1.807, 2.05) is 48.6 Å². The van der Waals surface area contributed by atoms with Crippen molar-refractivity contribution in [2.75, 3.05) is 9.91 Å². The molecule has 4 aromatic rings. The highest BCUT2D eigenvalue weighted by Gasteiger charge is 2.42. The molecule has 2 atom stereocenters. The lowest BCUT2D eigenvalue weighted by molar-refractivity contribution is -0.122. The zero-order valence-corrected chi connectivity index (χ0v) is 37.0. The van der Waals surface area contributed by atoms with E-state index < -0.39 is 17.9 Å². The number of hydrogen-bond acceptors (Lipinski definition) is 6. The van der Waals surface area contributed by atoms with Crippen LogP contribution >= 0.6 is 46.4 Å². The number of nitrogens with zero attached hydrogens (tertiary/aromatic N) is 5. The maximum absolute atomic E-state index is 14.1. The fourth-order valence-corrected chi connectivity index (χ4v) is 8.79. The molecule has 0 spiro atoms. The Bertz CT molecular complexity index is 2220. The Morgan fingerprint density at radius 1 is 0.700 bits per heavy atom. The van der Waals surface area contributed by atoms with Gasteiger partial charge in [-0.1, -0.05) is 185 Å². The van der Waals surface area contributed by atoms with Crippen LogP contribution in [-0.4, -0.2) is 29.6 Å². The summed E-state index contributed by atoms with van der Waals surface area (Å²) < 4.78 is 0. The summed E-state index contributed by atoms with van der Waals surface area (Å²) in [6.45, 7) is 2.26. The molecular formula is C47H52Cl4N6O3. The first-order chi connectivity index (χ1) is 29.2. The minimum atomic E-state index is -1.27. The highest BCUT2D eigenvalue weighted by molar-refractivity contribution is 6.43.